The van der Waals surface area contributed by atoms with Crippen LogP contribution in [0.15, 0.2) is 41.3 Å². The molecule has 1 N–H and O–H groups in total. The van der Waals surface area contributed by atoms with E-state index in [4.69, 9.17) is 27.9 Å². The average molecular weight is 366 g/mol. The highest BCUT2D eigenvalue weighted by molar-refractivity contribution is 7.89. The summed E-state index contributed by atoms with van der Waals surface area (Å²) in [5.41, 5.74) is 0. The molecule has 2 rings (SSSR count). The summed E-state index contributed by atoms with van der Waals surface area (Å²) in [4.78, 5) is 0.898. The quantitative estimate of drug-likeness (QED) is 0.848. The summed E-state index contributed by atoms with van der Waals surface area (Å²) in [5, 5.41) is 0.179. The SMILES string of the molecule is COC(CNS(=O)(=O)c1ccccc1Cl)c1ccc(Cl)s1. The van der Waals surface area contributed by atoms with Gasteiger partial charge in [-0.2, -0.15) is 0 Å². The number of benzene rings is 1. The molecule has 2 aromatic rings. The van der Waals surface area contributed by atoms with Crippen LogP contribution < -0.4 is 4.72 Å². The van der Waals surface area contributed by atoms with E-state index >= 15 is 0 Å². The normalized spacial score (nSPS) is 13.3. The van der Waals surface area contributed by atoms with Crippen molar-refractivity contribution in [1.29, 1.82) is 0 Å². The van der Waals surface area contributed by atoms with Gasteiger partial charge in [-0.05, 0) is 24.3 Å². The smallest absolute Gasteiger partial charge is 0.242 e. The Morgan fingerprint density at radius 1 is 1.24 bits per heavy atom. The van der Waals surface area contributed by atoms with Gasteiger partial charge in [0, 0.05) is 18.5 Å². The van der Waals surface area contributed by atoms with Gasteiger partial charge in [-0.15, -0.1) is 11.3 Å². The monoisotopic (exact) mass is 365 g/mol. The molecule has 0 spiro atoms. The van der Waals surface area contributed by atoms with Gasteiger partial charge in [0.2, 0.25) is 10.0 Å². The Morgan fingerprint density at radius 3 is 2.52 bits per heavy atom. The van der Waals surface area contributed by atoms with Crippen LogP contribution in [0.5, 0.6) is 0 Å². The number of sulfonamides is 1. The molecule has 1 atom stereocenters. The summed E-state index contributed by atoms with van der Waals surface area (Å²) in [6.07, 6.45) is -0.403. The van der Waals surface area contributed by atoms with Crippen molar-refractivity contribution in [2.75, 3.05) is 13.7 Å². The van der Waals surface area contributed by atoms with Gasteiger partial charge in [0.15, 0.2) is 0 Å². The second-order valence-corrected chi connectivity index (χ2v) is 8.04. The minimum absolute atomic E-state index is 0.0470. The van der Waals surface area contributed by atoms with E-state index in [1.54, 1.807) is 18.2 Å². The van der Waals surface area contributed by atoms with Gasteiger partial charge in [-0.25, -0.2) is 13.1 Å². The van der Waals surface area contributed by atoms with Crippen LogP contribution in [0.25, 0.3) is 0 Å². The molecule has 0 saturated heterocycles. The number of rotatable bonds is 6. The number of hydrogen-bond donors (Lipinski definition) is 1. The number of thiophene rings is 1. The fourth-order valence-corrected chi connectivity index (χ4v) is 4.42. The topological polar surface area (TPSA) is 55.4 Å². The van der Waals surface area contributed by atoms with E-state index in [2.05, 4.69) is 4.72 Å². The average Bonchev–Trinajstić information content (AvgIpc) is 2.86. The van der Waals surface area contributed by atoms with E-state index < -0.39 is 16.1 Å². The highest BCUT2D eigenvalue weighted by Crippen LogP contribution is 2.29. The van der Waals surface area contributed by atoms with Crippen molar-refractivity contribution < 1.29 is 13.2 Å². The molecular formula is C13H13Cl2NO3S2. The first-order valence-electron chi connectivity index (χ1n) is 5.96. The van der Waals surface area contributed by atoms with Crippen molar-refractivity contribution >= 4 is 44.6 Å². The van der Waals surface area contributed by atoms with Crippen LogP contribution in [-0.4, -0.2) is 22.1 Å². The lowest BCUT2D eigenvalue weighted by Crippen LogP contribution is -2.29. The molecule has 0 fully saturated rings. The maximum Gasteiger partial charge on any atom is 0.242 e. The Bertz CT molecular complexity index is 716. The maximum atomic E-state index is 12.2. The molecule has 0 saturated carbocycles. The third-order valence-corrected chi connectivity index (χ3v) is 6.03. The Labute approximate surface area is 137 Å². The highest BCUT2D eigenvalue weighted by atomic mass is 35.5. The van der Waals surface area contributed by atoms with Gasteiger partial charge in [-0.3, -0.25) is 0 Å². The van der Waals surface area contributed by atoms with Crippen molar-refractivity contribution in [2.45, 2.75) is 11.0 Å². The van der Waals surface area contributed by atoms with Gasteiger partial charge in [0.1, 0.15) is 11.0 Å². The molecule has 21 heavy (non-hydrogen) atoms. The number of halogens is 2. The molecule has 0 amide bonds. The van der Waals surface area contributed by atoms with E-state index in [0.717, 1.165) is 4.88 Å². The Kier molecular flexibility index (Phi) is 5.65. The molecule has 1 unspecified atom stereocenters. The predicted molar refractivity (Wildman–Crippen MR) is 85.7 cm³/mol. The molecule has 0 bridgehead atoms. The first-order chi connectivity index (χ1) is 9.94. The van der Waals surface area contributed by atoms with Gasteiger partial charge < -0.3 is 4.74 Å². The largest absolute Gasteiger partial charge is 0.375 e. The lowest BCUT2D eigenvalue weighted by Gasteiger charge is -2.15. The molecule has 1 aromatic carbocycles. The molecule has 1 heterocycles. The van der Waals surface area contributed by atoms with Gasteiger partial charge in [-0.1, -0.05) is 35.3 Å². The van der Waals surface area contributed by atoms with Crippen LogP contribution in [0.4, 0.5) is 0 Å². The number of hydrogen-bond acceptors (Lipinski definition) is 4. The third-order valence-electron chi connectivity index (χ3n) is 2.78. The zero-order valence-corrected chi connectivity index (χ0v) is 14.2. The molecule has 0 aliphatic carbocycles. The summed E-state index contributed by atoms with van der Waals surface area (Å²) in [6.45, 7) is 0.0981. The van der Waals surface area contributed by atoms with Crippen LogP contribution in [-0.2, 0) is 14.8 Å². The van der Waals surface area contributed by atoms with Gasteiger partial charge >= 0.3 is 0 Å². The van der Waals surface area contributed by atoms with Crippen LogP contribution >= 0.6 is 34.5 Å². The zero-order chi connectivity index (χ0) is 15.5. The second-order valence-electron chi connectivity index (χ2n) is 4.15. The molecule has 0 radical (unpaired) electrons. The molecule has 0 aliphatic heterocycles. The molecule has 0 aliphatic rings. The lowest BCUT2D eigenvalue weighted by molar-refractivity contribution is 0.110. The first kappa shape index (κ1) is 16.7. The van der Waals surface area contributed by atoms with Crippen molar-refractivity contribution in [1.82, 2.24) is 4.72 Å². The van der Waals surface area contributed by atoms with Crippen molar-refractivity contribution in [3.05, 3.63) is 50.6 Å². The first-order valence-corrected chi connectivity index (χ1v) is 9.02. The van der Waals surface area contributed by atoms with Crippen molar-refractivity contribution in [2.24, 2.45) is 0 Å². The Hall–Kier alpha value is -0.630. The number of ether oxygens (including phenoxy) is 1. The summed E-state index contributed by atoms with van der Waals surface area (Å²) in [5.74, 6) is 0. The number of nitrogens with one attached hydrogen (secondary N) is 1. The standard InChI is InChI=1S/C13H13Cl2NO3S2/c1-19-10(11-6-7-13(15)20-11)8-16-21(17,18)12-5-3-2-4-9(12)14/h2-7,10,16H,8H2,1H3. The Morgan fingerprint density at radius 2 is 1.95 bits per heavy atom. The summed E-state index contributed by atoms with van der Waals surface area (Å²) >= 11 is 13.1. The van der Waals surface area contributed by atoms with Crippen LogP contribution in [0.1, 0.15) is 11.0 Å². The van der Waals surface area contributed by atoms with E-state index in [9.17, 15) is 8.42 Å². The molecule has 4 nitrogen and oxygen atoms in total. The van der Waals surface area contributed by atoms with Crippen LogP contribution in [0.3, 0.4) is 0 Å². The predicted octanol–water partition coefficient (Wildman–Crippen LogP) is 3.72. The van der Waals surface area contributed by atoms with Gasteiger partial charge in [0.05, 0.1) is 9.36 Å². The fraction of sp³-hybridized carbons (Fsp3) is 0.231. The summed E-state index contributed by atoms with van der Waals surface area (Å²) < 4.78 is 32.9. The van der Waals surface area contributed by atoms with E-state index in [0.29, 0.717) is 4.34 Å². The van der Waals surface area contributed by atoms with E-state index in [1.807, 2.05) is 6.07 Å². The molecule has 8 heteroatoms. The highest BCUT2D eigenvalue weighted by Gasteiger charge is 2.20. The van der Waals surface area contributed by atoms with Gasteiger partial charge in [0.25, 0.3) is 0 Å². The zero-order valence-electron chi connectivity index (χ0n) is 11.0. The van der Waals surface area contributed by atoms with E-state index in [-0.39, 0.29) is 16.5 Å². The summed E-state index contributed by atoms with van der Waals surface area (Å²) in [7, 11) is -2.17. The molecule has 1 aromatic heterocycles. The second kappa shape index (κ2) is 7.09. The summed E-state index contributed by atoms with van der Waals surface area (Å²) in [6, 6.07) is 9.83. The molecular weight excluding hydrogens is 353 g/mol. The molecule has 114 valence electrons. The van der Waals surface area contributed by atoms with Crippen molar-refractivity contribution in [3.63, 3.8) is 0 Å². The minimum Gasteiger partial charge on any atom is -0.375 e. The van der Waals surface area contributed by atoms with Crippen molar-refractivity contribution in [3.8, 4) is 0 Å². The van der Waals surface area contributed by atoms with Crippen LogP contribution in [0, 0.1) is 0 Å². The lowest BCUT2D eigenvalue weighted by atomic mass is 10.3. The van der Waals surface area contributed by atoms with Crippen LogP contribution in [0.2, 0.25) is 9.36 Å². The third kappa shape index (κ3) is 4.18. The number of methoxy groups -OCH3 is 1. The minimum atomic E-state index is -3.69. The fourth-order valence-electron chi connectivity index (χ4n) is 1.73. The Balaban J connectivity index is 2.12. The maximum absolute atomic E-state index is 12.2. The van der Waals surface area contributed by atoms with E-state index in [1.165, 1.54) is 30.6 Å².